The highest BCUT2D eigenvalue weighted by atomic mass is 79.9. The Labute approximate surface area is 176 Å². The number of hydrogen-bond acceptors (Lipinski definition) is 4. The lowest BCUT2D eigenvalue weighted by Gasteiger charge is -2.07. The summed E-state index contributed by atoms with van der Waals surface area (Å²) in [5.74, 6) is -1.04. The number of carbonyl (C=O) groups excluding carboxylic acids is 1. The zero-order valence-electron chi connectivity index (χ0n) is 14.2. The SMILES string of the molecule is O=C(Nc1cccc(N=Cc2cc(Br)c(O)c(Br)c2O)c1)c1ccc(F)cc1. The van der Waals surface area contributed by atoms with Gasteiger partial charge in [-0.1, -0.05) is 6.07 Å². The molecule has 1 amide bonds. The maximum atomic E-state index is 13.0. The number of rotatable bonds is 4. The van der Waals surface area contributed by atoms with Gasteiger partial charge in [-0.15, -0.1) is 0 Å². The molecule has 142 valence electrons. The first kappa shape index (κ1) is 20.0. The van der Waals surface area contributed by atoms with Crippen molar-refractivity contribution in [2.45, 2.75) is 0 Å². The number of aromatic hydroxyl groups is 2. The molecule has 0 saturated carbocycles. The Balaban J connectivity index is 1.79. The number of hydrogen-bond donors (Lipinski definition) is 3. The van der Waals surface area contributed by atoms with Gasteiger partial charge in [-0.2, -0.15) is 0 Å². The highest BCUT2D eigenvalue weighted by Crippen LogP contribution is 2.40. The smallest absolute Gasteiger partial charge is 0.255 e. The van der Waals surface area contributed by atoms with E-state index >= 15 is 0 Å². The minimum absolute atomic E-state index is 0.111. The molecule has 0 aliphatic carbocycles. The van der Waals surface area contributed by atoms with Crippen molar-refractivity contribution in [2.24, 2.45) is 4.99 Å². The van der Waals surface area contributed by atoms with E-state index in [1.54, 1.807) is 24.3 Å². The first-order chi connectivity index (χ1) is 13.3. The van der Waals surface area contributed by atoms with Crippen LogP contribution in [0.1, 0.15) is 15.9 Å². The van der Waals surface area contributed by atoms with Crippen LogP contribution < -0.4 is 5.32 Å². The summed E-state index contributed by atoms with van der Waals surface area (Å²) in [6, 6.07) is 13.6. The molecule has 5 nitrogen and oxygen atoms in total. The number of benzene rings is 3. The second kappa shape index (κ2) is 8.53. The summed E-state index contributed by atoms with van der Waals surface area (Å²) in [6.07, 6.45) is 1.44. The average Bonchev–Trinajstić information content (AvgIpc) is 2.69. The summed E-state index contributed by atoms with van der Waals surface area (Å²) in [6.45, 7) is 0. The molecule has 0 aliphatic heterocycles. The summed E-state index contributed by atoms with van der Waals surface area (Å²) in [5.41, 5.74) is 1.77. The molecule has 3 N–H and O–H groups in total. The number of phenolic OH excluding ortho intramolecular Hbond substituents is 2. The van der Waals surface area contributed by atoms with Gasteiger partial charge in [0.25, 0.3) is 5.91 Å². The van der Waals surface area contributed by atoms with Gasteiger partial charge in [-0.25, -0.2) is 4.39 Å². The normalized spacial score (nSPS) is 11.0. The summed E-state index contributed by atoms with van der Waals surface area (Å²) in [5, 5.41) is 22.6. The third-order valence-electron chi connectivity index (χ3n) is 3.76. The molecule has 0 bridgehead atoms. The summed E-state index contributed by atoms with van der Waals surface area (Å²) >= 11 is 6.31. The van der Waals surface area contributed by atoms with Gasteiger partial charge in [-0.3, -0.25) is 9.79 Å². The van der Waals surface area contributed by atoms with Crippen molar-refractivity contribution in [1.82, 2.24) is 0 Å². The van der Waals surface area contributed by atoms with Gasteiger partial charge in [0.2, 0.25) is 0 Å². The van der Waals surface area contributed by atoms with Crippen LogP contribution in [0.25, 0.3) is 0 Å². The number of amides is 1. The van der Waals surface area contributed by atoms with Gasteiger partial charge in [0.1, 0.15) is 21.8 Å². The fourth-order valence-corrected chi connectivity index (χ4v) is 3.48. The number of anilines is 1. The maximum absolute atomic E-state index is 13.0. The number of nitrogens with one attached hydrogen (secondary N) is 1. The molecular formula is C20H13Br2FN2O3. The number of carbonyl (C=O) groups is 1. The highest BCUT2D eigenvalue weighted by Gasteiger charge is 2.13. The molecular weight excluding hydrogens is 495 g/mol. The predicted octanol–water partition coefficient (Wildman–Crippen LogP) is 5.76. The van der Waals surface area contributed by atoms with E-state index in [4.69, 9.17) is 0 Å². The van der Waals surface area contributed by atoms with Crippen LogP contribution in [0, 0.1) is 5.82 Å². The molecule has 3 aromatic carbocycles. The van der Waals surface area contributed by atoms with Crippen molar-refractivity contribution < 1.29 is 19.4 Å². The fraction of sp³-hybridized carbons (Fsp3) is 0. The fourth-order valence-electron chi connectivity index (χ4n) is 2.33. The molecule has 3 aromatic rings. The van der Waals surface area contributed by atoms with Crippen LogP contribution in [-0.2, 0) is 0 Å². The standard InChI is InChI=1S/C20H13Br2FN2O3/c21-16-8-12(18(26)17(22)19(16)27)10-24-14-2-1-3-15(9-14)25-20(28)11-4-6-13(23)7-5-11/h1-10,26-27H,(H,25,28). The maximum Gasteiger partial charge on any atom is 0.255 e. The molecule has 3 rings (SSSR count). The van der Waals surface area contributed by atoms with Gasteiger partial charge in [0.15, 0.2) is 0 Å². The van der Waals surface area contributed by atoms with Crippen molar-refractivity contribution in [3.63, 3.8) is 0 Å². The number of nitrogens with zero attached hydrogens (tertiary/aromatic N) is 1. The lowest BCUT2D eigenvalue weighted by Crippen LogP contribution is -2.11. The Morgan fingerprint density at radius 1 is 1.04 bits per heavy atom. The quantitative estimate of drug-likeness (QED) is 0.392. The average molecular weight is 508 g/mol. The van der Waals surface area contributed by atoms with Gasteiger partial charge in [-0.05, 0) is 80.4 Å². The molecule has 0 atom stereocenters. The third-order valence-corrected chi connectivity index (χ3v) is 5.12. The van der Waals surface area contributed by atoms with Gasteiger partial charge < -0.3 is 15.5 Å². The topological polar surface area (TPSA) is 81.9 Å². The molecule has 0 unspecified atom stereocenters. The van der Waals surface area contributed by atoms with Crippen LogP contribution in [0.3, 0.4) is 0 Å². The second-order valence-electron chi connectivity index (χ2n) is 5.73. The largest absolute Gasteiger partial charge is 0.506 e. The zero-order chi connectivity index (χ0) is 20.3. The minimum atomic E-state index is -0.413. The van der Waals surface area contributed by atoms with Gasteiger partial charge >= 0.3 is 0 Å². The Kier molecular flexibility index (Phi) is 6.11. The lowest BCUT2D eigenvalue weighted by molar-refractivity contribution is 0.102. The zero-order valence-corrected chi connectivity index (χ0v) is 17.3. The first-order valence-electron chi connectivity index (χ1n) is 7.96. The van der Waals surface area contributed by atoms with Crippen molar-refractivity contribution in [3.05, 3.63) is 80.5 Å². The minimum Gasteiger partial charge on any atom is -0.506 e. The van der Waals surface area contributed by atoms with Crippen LogP contribution >= 0.6 is 31.9 Å². The highest BCUT2D eigenvalue weighted by molar-refractivity contribution is 9.11. The van der Waals surface area contributed by atoms with Crippen molar-refractivity contribution in [2.75, 3.05) is 5.32 Å². The molecule has 0 spiro atoms. The van der Waals surface area contributed by atoms with Crippen molar-refractivity contribution in [1.29, 1.82) is 0 Å². The van der Waals surface area contributed by atoms with E-state index in [1.165, 1.54) is 36.5 Å². The lowest BCUT2D eigenvalue weighted by atomic mass is 10.2. The Morgan fingerprint density at radius 2 is 1.75 bits per heavy atom. The van der Waals surface area contributed by atoms with Crippen LogP contribution in [0.15, 0.2) is 68.5 Å². The van der Waals surface area contributed by atoms with Crippen LogP contribution in [0.2, 0.25) is 0 Å². The molecule has 0 fully saturated rings. The number of aliphatic imine (C=N–C) groups is 1. The van der Waals surface area contributed by atoms with E-state index in [2.05, 4.69) is 42.2 Å². The van der Waals surface area contributed by atoms with Gasteiger partial charge in [0.05, 0.1) is 10.2 Å². The van der Waals surface area contributed by atoms with Crippen LogP contribution in [0.5, 0.6) is 11.5 Å². The van der Waals surface area contributed by atoms with Crippen molar-refractivity contribution in [3.8, 4) is 11.5 Å². The van der Waals surface area contributed by atoms with E-state index in [9.17, 15) is 19.4 Å². The Bertz CT molecular complexity index is 1070. The molecule has 8 heteroatoms. The summed E-state index contributed by atoms with van der Waals surface area (Å²) in [7, 11) is 0. The van der Waals surface area contributed by atoms with E-state index < -0.39 is 5.82 Å². The first-order valence-corrected chi connectivity index (χ1v) is 9.54. The second-order valence-corrected chi connectivity index (χ2v) is 7.38. The van der Waals surface area contributed by atoms with E-state index in [-0.39, 0.29) is 21.9 Å². The molecule has 0 aliphatic rings. The number of halogens is 3. The van der Waals surface area contributed by atoms with E-state index in [0.29, 0.717) is 27.0 Å². The van der Waals surface area contributed by atoms with Gasteiger partial charge in [0, 0.05) is 23.0 Å². The molecule has 0 heterocycles. The third kappa shape index (κ3) is 4.58. The van der Waals surface area contributed by atoms with Crippen molar-refractivity contribution >= 4 is 55.4 Å². The molecule has 0 aromatic heterocycles. The number of phenols is 2. The predicted molar refractivity (Wildman–Crippen MR) is 113 cm³/mol. The van der Waals surface area contributed by atoms with Crippen LogP contribution in [0.4, 0.5) is 15.8 Å². The summed E-state index contributed by atoms with van der Waals surface area (Å²) in [4.78, 5) is 16.5. The molecule has 0 radical (unpaired) electrons. The summed E-state index contributed by atoms with van der Waals surface area (Å²) < 4.78 is 13.5. The Hall–Kier alpha value is -2.71. The van der Waals surface area contributed by atoms with E-state index in [1.807, 2.05) is 0 Å². The van der Waals surface area contributed by atoms with Crippen LogP contribution in [-0.4, -0.2) is 22.3 Å². The van der Waals surface area contributed by atoms with E-state index in [0.717, 1.165) is 0 Å². The molecule has 28 heavy (non-hydrogen) atoms. The molecule has 0 saturated heterocycles. The Morgan fingerprint density at radius 3 is 2.46 bits per heavy atom. The monoisotopic (exact) mass is 506 g/mol.